The van der Waals surface area contributed by atoms with Gasteiger partial charge in [-0.3, -0.25) is 9.59 Å². The van der Waals surface area contributed by atoms with Crippen LogP contribution in [-0.4, -0.2) is 57.9 Å². The van der Waals surface area contributed by atoms with E-state index in [2.05, 4.69) is 10.0 Å². The van der Waals surface area contributed by atoms with Gasteiger partial charge in [-0.2, -0.15) is 0 Å². The first-order chi connectivity index (χ1) is 12.3. The zero-order valence-corrected chi connectivity index (χ0v) is 15.7. The molecule has 0 spiro atoms. The number of carbonyl (C=O) groups is 2. The molecule has 0 bridgehead atoms. The number of sulfonamides is 1. The Hall–Kier alpha value is -1.97. The molecule has 1 fully saturated rings. The van der Waals surface area contributed by atoms with Crippen LogP contribution in [0, 0.1) is 12.8 Å². The fourth-order valence-electron chi connectivity index (χ4n) is 2.84. The molecule has 2 amide bonds. The number of hydrogen-bond donors (Lipinski definition) is 3. The van der Waals surface area contributed by atoms with Crippen LogP contribution in [0.1, 0.15) is 18.4 Å². The van der Waals surface area contributed by atoms with E-state index in [-0.39, 0.29) is 42.3 Å². The third-order valence-corrected chi connectivity index (χ3v) is 5.83. The van der Waals surface area contributed by atoms with Crippen LogP contribution in [0.4, 0.5) is 0 Å². The predicted molar refractivity (Wildman–Crippen MR) is 97.7 cm³/mol. The van der Waals surface area contributed by atoms with Gasteiger partial charge >= 0.3 is 0 Å². The summed E-state index contributed by atoms with van der Waals surface area (Å²) < 4.78 is 27.4. The molecule has 1 heterocycles. The molecule has 1 saturated heterocycles. The molecule has 2 rings (SSSR count). The minimum atomic E-state index is -3.56. The topological polar surface area (TPSA) is 122 Å². The van der Waals surface area contributed by atoms with Crippen molar-refractivity contribution >= 4 is 21.8 Å². The SMILES string of the molecule is Cc1ccc(S(=O)(=O)NCC2CCCN(C(=O)CNC(=O)CN)C2)cc1. The Labute approximate surface area is 154 Å². The number of piperidine rings is 1. The number of benzene rings is 1. The quantitative estimate of drug-likeness (QED) is 0.592. The lowest BCUT2D eigenvalue weighted by Crippen LogP contribution is -2.47. The molecule has 1 atom stereocenters. The summed E-state index contributed by atoms with van der Waals surface area (Å²) in [4.78, 5) is 25.2. The van der Waals surface area contributed by atoms with Gasteiger partial charge < -0.3 is 16.0 Å². The summed E-state index contributed by atoms with van der Waals surface area (Å²) in [6.45, 7) is 3.00. The zero-order chi connectivity index (χ0) is 19.2. The predicted octanol–water partition coefficient (Wildman–Crippen LogP) is -0.413. The molecule has 144 valence electrons. The summed E-state index contributed by atoms with van der Waals surface area (Å²) in [6.07, 6.45) is 1.64. The van der Waals surface area contributed by atoms with E-state index in [1.54, 1.807) is 29.2 Å². The van der Waals surface area contributed by atoms with E-state index < -0.39 is 10.0 Å². The lowest BCUT2D eigenvalue weighted by Gasteiger charge is -2.33. The number of aryl methyl sites for hydroxylation is 1. The van der Waals surface area contributed by atoms with E-state index in [1.165, 1.54) is 0 Å². The summed E-state index contributed by atoms with van der Waals surface area (Å²) >= 11 is 0. The highest BCUT2D eigenvalue weighted by Crippen LogP contribution is 2.17. The molecule has 26 heavy (non-hydrogen) atoms. The second-order valence-electron chi connectivity index (χ2n) is 6.49. The Balaban J connectivity index is 1.86. The molecule has 0 aromatic heterocycles. The highest BCUT2D eigenvalue weighted by Gasteiger charge is 2.25. The van der Waals surface area contributed by atoms with Crippen molar-refractivity contribution in [1.29, 1.82) is 0 Å². The van der Waals surface area contributed by atoms with Crippen LogP contribution in [0.3, 0.4) is 0 Å². The monoisotopic (exact) mass is 382 g/mol. The fraction of sp³-hybridized carbons (Fsp3) is 0.529. The zero-order valence-electron chi connectivity index (χ0n) is 14.9. The molecule has 1 unspecified atom stereocenters. The summed E-state index contributed by atoms with van der Waals surface area (Å²) in [5.74, 6) is -0.520. The smallest absolute Gasteiger partial charge is 0.241 e. The van der Waals surface area contributed by atoms with Crippen molar-refractivity contribution in [2.75, 3.05) is 32.7 Å². The molecule has 1 aliphatic heterocycles. The minimum Gasteiger partial charge on any atom is -0.346 e. The van der Waals surface area contributed by atoms with Crippen molar-refractivity contribution in [3.05, 3.63) is 29.8 Å². The number of nitrogens with two attached hydrogens (primary N) is 1. The number of hydrogen-bond acceptors (Lipinski definition) is 5. The third kappa shape index (κ3) is 5.79. The molecule has 8 nitrogen and oxygen atoms in total. The van der Waals surface area contributed by atoms with Gasteiger partial charge in [0.05, 0.1) is 18.0 Å². The van der Waals surface area contributed by atoms with Gasteiger partial charge in [-0.15, -0.1) is 0 Å². The van der Waals surface area contributed by atoms with Crippen LogP contribution in [0.25, 0.3) is 0 Å². The summed E-state index contributed by atoms with van der Waals surface area (Å²) in [5, 5.41) is 2.46. The lowest BCUT2D eigenvalue weighted by molar-refractivity contribution is -0.134. The van der Waals surface area contributed by atoms with Gasteiger partial charge in [-0.1, -0.05) is 17.7 Å². The maximum Gasteiger partial charge on any atom is 0.241 e. The second-order valence-corrected chi connectivity index (χ2v) is 8.26. The van der Waals surface area contributed by atoms with Crippen molar-refractivity contribution in [3.8, 4) is 0 Å². The van der Waals surface area contributed by atoms with Crippen LogP contribution in [0.15, 0.2) is 29.2 Å². The van der Waals surface area contributed by atoms with Gasteiger partial charge in [-0.05, 0) is 37.8 Å². The first-order valence-electron chi connectivity index (χ1n) is 8.62. The average molecular weight is 382 g/mol. The summed E-state index contributed by atoms with van der Waals surface area (Å²) in [7, 11) is -3.56. The summed E-state index contributed by atoms with van der Waals surface area (Å²) in [5.41, 5.74) is 6.19. The van der Waals surface area contributed by atoms with Gasteiger partial charge in [0, 0.05) is 19.6 Å². The average Bonchev–Trinajstić information content (AvgIpc) is 2.64. The molecule has 0 saturated carbocycles. The van der Waals surface area contributed by atoms with Gasteiger partial charge in [-0.25, -0.2) is 13.1 Å². The lowest BCUT2D eigenvalue weighted by atomic mass is 9.98. The molecule has 4 N–H and O–H groups in total. The fourth-order valence-corrected chi connectivity index (χ4v) is 3.96. The summed E-state index contributed by atoms with van der Waals surface area (Å²) in [6, 6.07) is 6.67. The second kappa shape index (κ2) is 9.11. The highest BCUT2D eigenvalue weighted by molar-refractivity contribution is 7.89. The van der Waals surface area contributed by atoms with Crippen molar-refractivity contribution in [2.24, 2.45) is 11.7 Å². The van der Waals surface area contributed by atoms with E-state index >= 15 is 0 Å². The maximum absolute atomic E-state index is 12.4. The van der Waals surface area contributed by atoms with Crippen molar-refractivity contribution < 1.29 is 18.0 Å². The largest absolute Gasteiger partial charge is 0.346 e. The standard InChI is InChI=1S/C17H26N4O4S/c1-13-4-6-15(7-5-13)26(24,25)20-10-14-3-2-8-21(12-14)17(23)11-19-16(22)9-18/h4-7,14,20H,2-3,8-12,18H2,1H3,(H,19,22). The Morgan fingerprint density at radius 2 is 1.96 bits per heavy atom. The van der Waals surface area contributed by atoms with Crippen molar-refractivity contribution in [2.45, 2.75) is 24.7 Å². The molecule has 0 aliphatic carbocycles. The maximum atomic E-state index is 12.4. The number of nitrogens with zero attached hydrogens (tertiary/aromatic N) is 1. The Morgan fingerprint density at radius 1 is 1.27 bits per heavy atom. The minimum absolute atomic E-state index is 0.0399. The Bertz CT molecular complexity index is 734. The van der Waals surface area contributed by atoms with Crippen LogP contribution < -0.4 is 15.8 Å². The Kier molecular flexibility index (Phi) is 7.13. The van der Waals surface area contributed by atoms with Gasteiger partial charge in [0.25, 0.3) is 0 Å². The number of carbonyl (C=O) groups excluding carboxylic acids is 2. The highest BCUT2D eigenvalue weighted by atomic mass is 32.2. The molecule has 1 aliphatic rings. The molecule has 1 aromatic carbocycles. The molecular weight excluding hydrogens is 356 g/mol. The molecule has 1 aromatic rings. The van der Waals surface area contributed by atoms with Crippen LogP contribution in [-0.2, 0) is 19.6 Å². The van der Waals surface area contributed by atoms with E-state index in [4.69, 9.17) is 5.73 Å². The van der Waals surface area contributed by atoms with E-state index in [0.717, 1.165) is 18.4 Å². The van der Waals surface area contributed by atoms with Gasteiger partial charge in [0.2, 0.25) is 21.8 Å². The van der Waals surface area contributed by atoms with Gasteiger partial charge in [0.1, 0.15) is 0 Å². The van der Waals surface area contributed by atoms with Gasteiger partial charge in [0.15, 0.2) is 0 Å². The van der Waals surface area contributed by atoms with E-state index in [9.17, 15) is 18.0 Å². The van der Waals surface area contributed by atoms with E-state index in [0.29, 0.717) is 13.1 Å². The third-order valence-electron chi connectivity index (χ3n) is 4.39. The van der Waals surface area contributed by atoms with Crippen molar-refractivity contribution in [1.82, 2.24) is 14.9 Å². The van der Waals surface area contributed by atoms with Crippen molar-refractivity contribution in [3.63, 3.8) is 0 Å². The molecule has 0 radical (unpaired) electrons. The number of likely N-dealkylation sites (tertiary alicyclic amines) is 1. The molecule has 9 heteroatoms. The van der Waals surface area contributed by atoms with Crippen LogP contribution >= 0.6 is 0 Å². The number of rotatable bonds is 7. The van der Waals surface area contributed by atoms with E-state index in [1.807, 2.05) is 6.92 Å². The first kappa shape index (κ1) is 20.3. The molecular formula is C17H26N4O4S. The van der Waals surface area contributed by atoms with Crippen LogP contribution in [0.5, 0.6) is 0 Å². The first-order valence-corrected chi connectivity index (χ1v) is 10.1. The number of nitrogens with one attached hydrogen (secondary N) is 2. The number of amides is 2. The Morgan fingerprint density at radius 3 is 2.62 bits per heavy atom. The van der Waals surface area contributed by atoms with Crippen LogP contribution in [0.2, 0.25) is 0 Å². The normalized spacial score (nSPS) is 17.8.